The Morgan fingerprint density at radius 3 is 2.90 bits per heavy atom. The van der Waals surface area contributed by atoms with Gasteiger partial charge in [0.05, 0.1) is 5.69 Å². The SMILES string of the molecule is NCC1CCCCN1Cc1csc(-c2ccccc2)n1. The van der Waals surface area contributed by atoms with Crippen molar-refractivity contribution in [1.29, 1.82) is 0 Å². The van der Waals surface area contributed by atoms with Gasteiger partial charge in [-0.1, -0.05) is 36.8 Å². The fraction of sp³-hybridized carbons (Fsp3) is 0.438. The van der Waals surface area contributed by atoms with Crippen molar-refractivity contribution in [3.8, 4) is 10.6 Å². The number of likely N-dealkylation sites (tertiary alicyclic amines) is 1. The Morgan fingerprint density at radius 1 is 1.25 bits per heavy atom. The molecule has 0 bridgehead atoms. The zero-order valence-corrected chi connectivity index (χ0v) is 12.5. The number of benzene rings is 1. The number of nitrogens with two attached hydrogens (primary N) is 1. The second kappa shape index (κ2) is 6.48. The molecule has 1 aromatic heterocycles. The highest BCUT2D eigenvalue weighted by Gasteiger charge is 2.21. The lowest BCUT2D eigenvalue weighted by molar-refractivity contribution is 0.143. The van der Waals surface area contributed by atoms with Gasteiger partial charge in [-0.25, -0.2) is 4.98 Å². The molecular formula is C16H21N3S. The van der Waals surface area contributed by atoms with Gasteiger partial charge >= 0.3 is 0 Å². The molecule has 1 fully saturated rings. The largest absolute Gasteiger partial charge is 0.329 e. The first-order chi connectivity index (χ1) is 9.86. The molecule has 106 valence electrons. The molecule has 1 saturated heterocycles. The maximum Gasteiger partial charge on any atom is 0.123 e. The van der Waals surface area contributed by atoms with E-state index in [1.54, 1.807) is 11.3 Å². The van der Waals surface area contributed by atoms with E-state index in [1.807, 2.05) is 6.07 Å². The average Bonchev–Trinajstić information content (AvgIpc) is 2.97. The van der Waals surface area contributed by atoms with Crippen molar-refractivity contribution >= 4 is 11.3 Å². The molecule has 3 rings (SSSR count). The molecule has 0 radical (unpaired) electrons. The van der Waals surface area contributed by atoms with Crippen LogP contribution in [0.25, 0.3) is 10.6 Å². The second-order valence-electron chi connectivity index (χ2n) is 5.37. The molecule has 2 aromatic rings. The van der Waals surface area contributed by atoms with E-state index in [4.69, 9.17) is 10.7 Å². The zero-order chi connectivity index (χ0) is 13.8. The summed E-state index contributed by atoms with van der Waals surface area (Å²) in [5, 5.41) is 3.30. The lowest BCUT2D eigenvalue weighted by atomic mass is 10.0. The van der Waals surface area contributed by atoms with Crippen LogP contribution in [0, 0.1) is 0 Å². The number of piperidine rings is 1. The summed E-state index contributed by atoms with van der Waals surface area (Å²) in [4.78, 5) is 7.27. The number of nitrogens with zero attached hydrogens (tertiary/aromatic N) is 2. The highest BCUT2D eigenvalue weighted by Crippen LogP contribution is 2.25. The molecular weight excluding hydrogens is 266 g/mol. The molecule has 2 heterocycles. The summed E-state index contributed by atoms with van der Waals surface area (Å²) in [6.45, 7) is 2.85. The van der Waals surface area contributed by atoms with E-state index in [0.29, 0.717) is 6.04 Å². The van der Waals surface area contributed by atoms with Gasteiger partial charge in [0.25, 0.3) is 0 Å². The molecule has 4 heteroatoms. The summed E-state index contributed by atoms with van der Waals surface area (Å²) in [6, 6.07) is 10.9. The van der Waals surface area contributed by atoms with Gasteiger partial charge in [-0.2, -0.15) is 0 Å². The van der Waals surface area contributed by atoms with Crippen LogP contribution >= 0.6 is 11.3 Å². The fourth-order valence-corrected chi connectivity index (χ4v) is 3.65. The molecule has 0 amide bonds. The van der Waals surface area contributed by atoms with Crippen molar-refractivity contribution in [2.24, 2.45) is 5.73 Å². The third kappa shape index (κ3) is 3.08. The first-order valence-corrected chi connectivity index (χ1v) is 8.19. The maximum atomic E-state index is 5.88. The van der Waals surface area contributed by atoms with E-state index in [-0.39, 0.29) is 0 Å². The predicted octanol–water partition coefficient (Wildman–Crippen LogP) is 3.12. The molecule has 1 atom stereocenters. The Hall–Kier alpha value is -1.23. The summed E-state index contributed by atoms with van der Waals surface area (Å²) < 4.78 is 0. The third-order valence-corrected chi connectivity index (χ3v) is 4.90. The summed E-state index contributed by atoms with van der Waals surface area (Å²) in [5.41, 5.74) is 8.27. The number of aromatic nitrogens is 1. The van der Waals surface area contributed by atoms with Gasteiger partial charge in [-0.15, -0.1) is 11.3 Å². The van der Waals surface area contributed by atoms with Crippen molar-refractivity contribution in [2.45, 2.75) is 31.8 Å². The van der Waals surface area contributed by atoms with Gasteiger partial charge in [0, 0.05) is 30.1 Å². The van der Waals surface area contributed by atoms with E-state index in [0.717, 1.165) is 24.6 Å². The Labute approximate surface area is 124 Å². The first kappa shape index (κ1) is 13.7. The third-order valence-electron chi connectivity index (χ3n) is 3.96. The van der Waals surface area contributed by atoms with Crippen LogP contribution in [0.3, 0.4) is 0 Å². The number of hydrogen-bond donors (Lipinski definition) is 1. The van der Waals surface area contributed by atoms with Crippen LogP contribution in [-0.4, -0.2) is 29.0 Å². The van der Waals surface area contributed by atoms with E-state index in [2.05, 4.69) is 34.5 Å². The van der Waals surface area contributed by atoms with Gasteiger partial charge in [0.2, 0.25) is 0 Å². The lowest BCUT2D eigenvalue weighted by Gasteiger charge is -2.34. The lowest BCUT2D eigenvalue weighted by Crippen LogP contribution is -2.43. The second-order valence-corrected chi connectivity index (χ2v) is 6.22. The smallest absolute Gasteiger partial charge is 0.123 e. The molecule has 0 spiro atoms. The summed E-state index contributed by atoms with van der Waals surface area (Å²) in [5.74, 6) is 0. The molecule has 1 aromatic carbocycles. The normalized spacial score (nSPS) is 20.1. The van der Waals surface area contributed by atoms with Crippen LogP contribution in [0.5, 0.6) is 0 Å². The molecule has 1 unspecified atom stereocenters. The van der Waals surface area contributed by atoms with Crippen LogP contribution in [-0.2, 0) is 6.54 Å². The van der Waals surface area contributed by atoms with Crippen LogP contribution in [0.2, 0.25) is 0 Å². The van der Waals surface area contributed by atoms with Crippen LogP contribution in [0.15, 0.2) is 35.7 Å². The van der Waals surface area contributed by atoms with E-state index >= 15 is 0 Å². The molecule has 20 heavy (non-hydrogen) atoms. The fourth-order valence-electron chi connectivity index (χ4n) is 2.84. The minimum atomic E-state index is 0.533. The van der Waals surface area contributed by atoms with Crippen LogP contribution < -0.4 is 5.73 Å². The maximum absolute atomic E-state index is 5.88. The molecule has 2 N–H and O–H groups in total. The highest BCUT2D eigenvalue weighted by molar-refractivity contribution is 7.13. The van der Waals surface area contributed by atoms with Gasteiger partial charge in [-0.05, 0) is 19.4 Å². The summed E-state index contributed by atoms with van der Waals surface area (Å²) >= 11 is 1.73. The van der Waals surface area contributed by atoms with Gasteiger partial charge in [0.15, 0.2) is 0 Å². The van der Waals surface area contributed by atoms with Crippen molar-refractivity contribution in [1.82, 2.24) is 9.88 Å². The Morgan fingerprint density at radius 2 is 2.10 bits per heavy atom. The molecule has 0 saturated carbocycles. The van der Waals surface area contributed by atoms with Crippen molar-refractivity contribution in [3.63, 3.8) is 0 Å². The Bertz CT molecular complexity index is 538. The van der Waals surface area contributed by atoms with E-state index in [9.17, 15) is 0 Å². The topological polar surface area (TPSA) is 42.1 Å². The minimum absolute atomic E-state index is 0.533. The van der Waals surface area contributed by atoms with E-state index < -0.39 is 0 Å². The number of rotatable bonds is 4. The monoisotopic (exact) mass is 287 g/mol. The van der Waals surface area contributed by atoms with Crippen molar-refractivity contribution < 1.29 is 0 Å². The molecule has 0 aliphatic carbocycles. The van der Waals surface area contributed by atoms with Gasteiger partial charge in [0.1, 0.15) is 5.01 Å². The first-order valence-electron chi connectivity index (χ1n) is 7.31. The van der Waals surface area contributed by atoms with E-state index in [1.165, 1.54) is 30.5 Å². The van der Waals surface area contributed by atoms with Gasteiger partial charge in [-0.3, -0.25) is 4.90 Å². The van der Waals surface area contributed by atoms with Crippen LogP contribution in [0.1, 0.15) is 25.0 Å². The summed E-state index contributed by atoms with van der Waals surface area (Å²) in [6.07, 6.45) is 3.82. The highest BCUT2D eigenvalue weighted by atomic mass is 32.1. The average molecular weight is 287 g/mol. The van der Waals surface area contributed by atoms with Crippen molar-refractivity contribution in [2.75, 3.05) is 13.1 Å². The number of thiazole rings is 1. The zero-order valence-electron chi connectivity index (χ0n) is 11.7. The quantitative estimate of drug-likeness (QED) is 0.939. The number of hydrogen-bond acceptors (Lipinski definition) is 4. The predicted molar refractivity (Wildman–Crippen MR) is 84.7 cm³/mol. The van der Waals surface area contributed by atoms with Crippen molar-refractivity contribution in [3.05, 3.63) is 41.4 Å². The Balaban J connectivity index is 1.71. The van der Waals surface area contributed by atoms with Crippen LogP contribution in [0.4, 0.5) is 0 Å². The minimum Gasteiger partial charge on any atom is -0.329 e. The standard InChI is InChI=1S/C16H21N3S/c17-10-15-8-4-5-9-19(15)11-14-12-20-16(18-14)13-6-2-1-3-7-13/h1-3,6-7,12,15H,4-5,8-11,17H2. The van der Waals surface area contributed by atoms with Gasteiger partial charge < -0.3 is 5.73 Å². The summed E-state index contributed by atoms with van der Waals surface area (Å²) in [7, 11) is 0. The molecule has 1 aliphatic rings. The molecule has 1 aliphatic heterocycles. The molecule has 3 nitrogen and oxygen atoms in total. The Kier molecular flexibility index (Phi) is 4.45.